The molecule has 0 aromatic carbocycles. The molecule has 2 rings (SSSR count). The van der Waals surface area contributed by atoms with Gasteiger partial charge in [-0.2, -0.15) is 0 Å². The first-order valence-corrected chi connectivity index (χ1v) is 8.45. The molecule has 2 aromatic rings. The first-order valence-electron chi connectivity index (χ1n) is 7.57. The molecule has 0 saturated heterocycles. The van der Waals surface area contributed by atoms with Crippen LogP contribution in [0.15, 0.2) is 17.5 Å². The molecule has 4 nitrogen and oxygen atoms in total. The fourth-order valence-electron chi connectivity index (χ4n) is 2.09. The van der Waals surface area contributed by atoms with E-state index in [-0.39, 0.29) is 6.04 Å². The van der Waals surface area contributed by atoms with Gasteiger partial charge in [-0.15, -0.1) is 11.3 Å². The fraction of sp³-hybridized carbons (Fsp3) is 0.500. The molecular weight excluding hydrogens is 280 g/mol. The Morgan fingerprint density at radius 2 is 2.00 bits per heavy atom. The van der Waals surface area contributed by atoms with Gasteiger partial charge in [0, 0.05) is 23.4 Å². The van der Waals surface area contributed by atoms with E-state index in [4.69, 9.17) is 0 Å². The predicted molar refractivity (Wildman–Crippen MR) is 91.3 cm³/mol. The third-order valence-electron chi connectivity index (χ3n) is 3.37. The summed E-state index contributed by atoms with van der Waals surface area (Å²) in [6, 6.07) is 4.48. The Labute approximate surface area is 131 Å². The third-order valence-corrected chi connectivity index (χ3v) is 4.43. The summed E-state index contributed by atoms with van der Waals surface area (Å²) in [4.78, 5) is 10.6. The minimum Gasteiger partial charge on any atom is -0.370 e. The molecule has 0 aliphatic carbocycles. The van der Waals surface area contributed by atoms with Gasteiger partial charge in [-0.1, -0.05) is 19.9 Å². The van der Waals surface area contributed by atoms with Crippen LogP contribution in [-0.4, -0.2) is 16.5 Å². The van der Waals surface area contributed by atoms with Crippen molar-refractivity contribution in [3.63, 3.8) is 0 Å². The number of anilines is 2. The zero-order valence-electron chi connectivity index (χ0n) is 13.2. The fourth-order valence-corrected chi connectivity index (χ4v) is 2.83. The summed E-state index contributed by atoms with van der Waals surface area (Å²) in [7, 11) is 0. The number of hydrogen-bond acceptors (Lipinski definition) is 5. The summed E-state index contributed by atoms with van der Waals surface area (Å²) in [6.45, 7) is 9.41. The van der Waals surface area contributed by atoms with Gasteiger partial charge in [0.1, 0.15) is 17.5 Å². The Balaban J connectivity index is 2.24. The molecule has 0 radical (unpaired) electrons. The summed E-state index contributed by atoms with van der Waals surface area (Å²) in [5.41, 5.74) is 1.09. The maximum Gasteiger partial charge on any atom is 0.135 e. The van der Waals surface area contributed by atoms with Crippen LogP contribution < -0.4 is 10.6 Å². The first kappa shape index (κ1) is 15.8. The van der Waals surface area contributed by atoms with Crippen molar-refractivity contribution in [2.75, 3.05) is 17.2 Å². The molecule has 1 atom stereocenters. The first-order chi connectivity index (χ1) is 10.2. The molecule has 0 spiro atoms. The average molecular weight is 304 g/mol. The van der Waals surface area contributed by atoms with Gasteiger partial charge in [0.2, 0.25) is 0 Å². The number of nitrogens with one attached hydrogen (secondary N) is 2. The van der Waals surface area contributed by atoms with Crippen molar-refractivity contribution in [3.05, 3.63) is 33.8 Å². The van der Waals surface area contributed by atoms with Crippen LogP contribution in [0.3, 0.4) is 0 Å². The van der Waals surface area contributed by atoms with Gasteiger partial charge in [-0.05, 0) is 31.7 Å². The lowest BCUT2D eigenvalue weighted by molar-refractivity contribution is 0.861. The van der Waals surface area contributed by atoms with E-state index in [1.54, 1.807) is 11.3 Å². The Kier molecular flexibility index (Phi) is 5.56. The SMILES string of the molecule is CCCNc1nc(CC)nc(NC(C)c2cccs2)c1C. The van der Waals surface area contributed by atoms with E-state index in [0.717, 1.165) is 42.4 Å². The second-order valence-electron chi connectivity index (χ2n) is 5.12. The van der Waals surface area contributed by atoms with Gasteiger partial charge in [-0.3, -0.25) is 0 Å². The van der Waals surface area contributed by atoms with Crippen LogP contribution in [0.25, 0.3) is 0 Å². The van der Waals surface area contributed by atoms with E-state index >= 15 is 0 Å². The van der Waals surface area contributed by atoms with Gasteiger partial charge < -0.3 is 10.6 Å². The van der Waals surface area contributed by atoms with Crippen LogP contribution in [0.4, 0.5) is 11.6 Å². The van der Waals surface area contributed by atoms with Crippen LogP contribution in [0.1, 0.15) is 49.5 Å². The summed E-state index contributed by atoms with van der Waals surface area (Å²) >= 11 is 1.76. The lowest BCUT2D eigenvalue weighted by Gasteiger charge is -2.18. The van der Waals surface area contributed by atoms with Crippen molar-refractivity contribution in [2.45, 2.75) is 46.6 Å². The van der Waals surface area contributed by atoms with E-state index in [0.29, 0.717) is 0 Å². The highest BCUT2D eigenvalue weighted by Crippen LogP contribution is 2.26. The number of hydrogen-bond donors (Lipinski definition) is 2. The van der Waals surface area contributed by atoms with E-state index in [9.17, 15) is 0 Å². The highest BCUT2D eigenvalue weighted by atomic mass is 32.1. The summed E-state index contributed by atoms with van der Waals surface area (Å²) in [5, 5.41) is 9.02. The highest BCUT2D eigenvalue weighted by Gasteiger charge is 2.13. The molecular formula is C16H24N4S. The third kappa shape index (κ3) is 3.94. The summed E-state index contributed by atoms with van der Waals surface area (Å²) in [6.07, 6.45) is 1.92. The van der Waals surface area contributed by atoms with E-state index in [2.05, 4.69) is 65.8 Å². The molecule has 0 saturated carbocycles. The molecule has 0 bridgehead atoms. The molecule has 1 unspecified atom stereocenters. The number of aromatic nitrogens is 2. The molecule has 114 valence electrons. The summed E-state index contributed by atoms with van der Waals surface area (Å²) in [5.74, 6) is 2.76. The zero-order valence-corrected chi connectivity index (χ0v) is 14.0. The Bertz CT molecular complexity index is 566. The van der Waals surface area contributed by atoms with Crippen LogP contribution in [0, 0.1) is 6.92 Å². The molecule has 0 aliphatic heterocycles. The van der Waals surface area contributed by atoms with Crippen LogP contribution >= 0.6 is 11.3 Å². The van der Waals surface area contributed by atoms with Gasteiger partial charge in [-0.25, -0.2) is 9.97 Å². The van der Waals surface area contributed by atoms with Gasteiger partial charge in [0.25, 0.3) is 0 Å². The monoisotopic (exact) mass is 304 g/mol. The number of rotatable bonds is 7. The van der Waals surface area contributed by atoms with Crippen LogP contribution in [0.5, 0.6) is 0 Å². The van der Waals surface area contributed by atoms with Gasteiger partial charge >= 0.3 is 0 Å². The second-order valence-corrected chi connectivity index (χ2v) is 6.10. The van der Waals surface area contributed by atoms with Crippen molar-refractivity contribution in [1.82, 2.24) is 9.97 Å². The molecule has 0 amide bonds. The molecule has 2 N–H and O–H groups in total. The quantitative estimate of drug-likeness (QED) is 0.796. The number of nitrogens with zero attached hydrogens (tertiary/aromatic N) is 2. The standard InChI is InChI=1S/C16H24N4S/c1-5-9-17-15-11(3)16(20-14(6-2)19-15)18-12(4)13-8-7-10-21-13/h7-8,10,12H,5-6,9H2,1-4H3,(H2,17,18,19,20). The van der Waals surface area contributed by atoms with Crippen molar-refractivity contribution >= 4 is 23.0 Å². The lowest BCUT2D eigenvalue weighted by atomic mass is 10.2. The van der Waals surface area contributed by atoms with Crippen molar-refractivity contribution in [2.24, 2.45) is 0 Å². The minimum atomic E-state index is 0.252. The summed E-state index contributed by atoms with van der Waals surface area (Å²) < 4.78 is 0. The topological polar surface area (TPSA) is 49.8 Å². The molecule has 5 heteroatoms. The molecule has 2 heterocycles. The largest absolute Gasteiger partial charge is 0.370 e. The van der Waals surface area contributed by atoms with E-state index < -0.39 is 0 Å². The Hall–Kier alpha value is -1.62. The van der Waals surface area contributed by atoms with E-state index in [1.807, 2.05) is 0 Å². The van der Waals surface area contributed by atoms with Gasteiger partial charge in [0.15, 0.2) is 0 Å². The normalized spacial score (nSPS) is 12.2. The maximum atomic E-state index is 4.65. The van der Waals surface area contributed by atoms with E-state index in [1.165, 1.54) is 4.88 Å². The van der Waals surface area contributed by atoms with Crippen molar-refractivity contribution < 1.29 is 0 Å². The molecule has 0 fully saturated rings. The minimum absolute atomic E-state index is 0.252. The maximum absolute atomic E-state index is 4.65. The lowest BCUT2D eigenvalue weighted by Crippen LogP contribution is -2.13. The zero-order chi connectivity index (χ0) is 15.2. The highest BCUT2D eigenvalue weighted by molar-refractivity contribution is 7.10. The number of thiophene rings is 1. The van der Waals surface area contributed by atoms with Gasteiger partial charge in [0.05, 0.1) is 6.04 Å². The molecule has 0 aliphatic rings. The second kappa shape index (κ2) is 7.41. The van der Waals surface area contributed by atoms with Crippen LogP contribution in [0.2, 0.25) is 0 Å². The Morgan fingerprint density at radius 3 is 2.62 bits per heavy atom. The smallest absolute Gasteiger partial charge is 0.135 e. The Morgan fingerprint density at radius 1 is 1.24 bits per heavy atom. The van der Waals surface area contributed by atoms with Crippen LogP contribution in [-0.2, 0) is 6.42 Å². The predicted octanol–water partition coefficient (Wildman–Crippen LogP) is 4.40. The van der Waals surface area contributed by atoms with Crippen molar-refractivity contribution in [3.8, 4) is 0 Å². The molecule has 2 aromatic heterocycles. The average Bonchev–Trinajstić information content (AvgIpc) is 3.02. The number of aryl methyl sites for hydroxylation is 1. The van der Waals surface area contributed by atoms with Crippen molar-refractivity contribution in [1.29, 1.82) is 0 Å². The molecule has 21 heavy (non-hydrogen) atoms.